The summed E-state index contributed by atoms with van der Waals surface area (Å²) in [7, 11) is 8.71. The summed E-state index contributed by atoms with van der Waals surface area (Å²) in [5.74, 6) is 0.518. The number of amides is 1. The molecule has 7 nitrogen and oxygen atoms in total. The summed E-state index contributed by atoms with van der Waals surface area (Å²) >= 11 is 0. The van der Waals surface area contributed by atoms with Crippen molar-refractivity contribution in [2.75, 3.05) is 51.3 Å². The highest BCUT2D eigenvalue weighted by Gasteiger charge is 2.21. The molecule has 2 aromatic rings. The van der Waals surface area contributed by atoms with Gasteiger partial charge in [-0.25, -0.2) is 0 Å². The number of methoxy groups -OCH3 is 1. The minimum Gasteiger partial charge on any atom is -0.489 e. The highest BCUT2D eigenvalue weighted by Crippen LogP contribution is 2.35. The number of hydrogen-bond acceptors (Lipinski definition) is 6. The molecule has 0 radical (unpaired) electrons. The molecule has 2 rings (SSSR count). The van der Waals surface area contributed by atoms with Crippen LogP contribution in [0.2, 0.25) is 0 Å². The maximum atomic E-state index is 12.1. The van der Waals surface area contributed by atoms with Crippen LogP contribution in [0.15, 0.2) is 36.4 Å². The zero-order chi connectivity index (χ0) is 19.8. The van der Waals surface area contributed by atoms with Crippen LogP contribution in [0.25, 0.3) is 0 Å². The number of carbonyl (C=O) groups is 1. The van der Waals surface area contributed by atoms with Gasteiger partial charge in [0.15, 0.2) is 6.10 Å². The third-order valence-corrected chi connectivity index (χ3v) is 4.35. The maximum Gasteiger partial charge on any atom is 0.253 e. The van der Waals surface area contributed by atoms with E-state index in [0.29, 0.717) is 12.4 Å². The van der Waals surface area contributed by atoms with Crippen molar-refractivity contribution in [3.05, 3.63) is 47.5 Å². The highest BCUT2D eigenvalue weighted by atomic mass is 16.5. The molecule has 0 saturated carbocycles. The van der Waals surface area contributed by atoms with Crippen LogP contribution in [0, 0.1) is 0 Å². The number of ether oxygens (including phenoxy) is 2. The third-order valence-electron chi connectivity index (χ3n) is 4.35. The predicted octanol–water partition coefficient (Wildman–Crippen LogP) is 2.82. The van der Waals surface area contributed by atoms with E-state index in [2.05, 4.69) is 21.3 Å². The van der Waals surface area contributed by atoms with Crippen LogP contribution in [-0.2, 0) is 16.1 Å². The minimum atomic E-state index is -0.679. The molecule has 0 spiro atoms. The Morgan fingerprint density at radius 2 is 1.63 bits per heavy atom. The number of likely N-dealkylation sites (N-methyl/N-ethyl adjacent to an activating group) is 1. The van der Waals surface area contributed by atoms with Crippen LogP contribution in [0.3, 0.4) is 0 Å². The SMILES string of the molecule is CNC(=O)C(OC)c1ccccc1COc1cc(NC)c(NC)c(NC)c1. The number of benzene rings is 2. The summed E-state index contributed by atoms with van der Waals surface area (Å²) in [5.41, 5.74) is 4.49. The highest BCUT2D eigenvalue weighted by molar-refractivity contribution is 5.84. The van der Waals surface area contributed by atoms with Gasteiger partial charge < -0.3 is 30.7 Å². The van der Waals surface area contributed by atoms with E-state index < -0.39 is 6.10 Å². The second kappa shape index (κ2) is 9.68. The Morgan fingerprint density at radius 3 is 2.15 bits per heavy atom. The fraction of sp³-hybridized carbons (Fsp3) is 0.350. The molecule has 146 valence electrons. The molecular formula is C20H28N4O3. The predicted molar refractivity (Wildman–Crippen MR) is 110 cm³/mol. The first kappa shape index (κ1) is 20.4. The Balaban J connectivity index is 2.28. The minimum absolute atomic E-state index is 0.196. The zero-order valence-corrected chi connectivity index (χ0v) is 16.5. The average Bonchev–Trinajstić information content (AvgIpc) is 2.72. The van der Waals surface area contributed by atoms with E-state index in [1.165, 1.54) is 7.11 Å². The van der Waals surface area contributed by atoms with Crippen molar-refractivity contribution in [2.45, 2.75) is 12.7 Å². The normalized spacial score (nSPS) is 11.4. The molecule has 0 aliphatic rings. The van der Waals surface area contributed by atoms with E-state index >= 15 is 0 Å². The number of anilines is 3. The summed E-state index contributed by atoms with van der Waals surface area (Å²) in [4.78, 5) is 12.1. The molecule has 0 aliphatic carbocycles. The van der Waals surface area contributed by atoms with Gasteiger partial charge in [0.05, 0.1) is 17.1 Å². The van der Waals surface area contributed by atoms with E-state index in [4.69, 9.17) is 9.47 Å². The van der Waals surface area contributed by atoms with Gasteiger partial charge in [0.25, 0.3) is 5.91 Å². The Morgan fingerprint density at radius 1 is 1.00 bits per heavy atom. The molecule has 0 bridgehead atoms. The van der Waals surface area contributed by atoms with Crippen LogP contribution < -0.4 is 26.0 Å². The Hall–Kier alpha value is -2.93. The van der Waals surface area contributed by atoms with Gasteiger partial charge in [0, 0.05) is 47.4 Å². The second-order valence-corrected chi connectivity index (χ2v) is 5.86. The molecular weight excluding hydrogens is 344 g/mol. The van der Waals surface area contributed by atoms with Crippen molar-refractivity contribution >= 4 is 23.0 Å². The van der Waals surface area contributed by atoms with E-state index in [1.54, 1.807) is 7.05 Å². The van der Waals surface area contributed by atoms with Gasteiger partial charge in [-0.3, -0.25) is 4.79 Å². The van der Waals surface area contributed by atoms with Gasteiger partial charge in [0.2, 0.25) is 0 Å². The molecule has 0 aromatic heterocycles. The van der Waals surface area contributed by atoms with Gasteiger partial charge >= 0.3 is 0 Å². The van der Waals surface area contributed by atoms with Crippen LogP contribution in [0.4, 0.5) is 17.1 Å². The summed E-state index contributed by atoms with van der Waals surface area (Å²) < 4.78 is 11.4. The molecule has 0 fully saturated rings. The number of nitrogens with one attached hydrogen (secondary N) is 4. The van der Waals surface area contributed by atoms with Crippen LogP contribution in [0.1, 0.15) is 17.2 Å². The smallest absolute Gasteiger partial charge is 0.253 e. The first-order chi connectivity index (χ1) is 13.1. The molecule has 27 heavy (non-hydrogen) atoms. The quantitative estimate of drug-likeness (QED) is 0.542. The van der Waals surface area contributed by atoms with Gasteiger partial charge in [-0.15, -0.1) is 0 Å². The fourth-order valence-corrected chi connectivity index (χ4v) is 2.95. The molecule has 1 amide bonds. The summed E-state index contributed by atoms with van der Waals surface area (Å²) in [6, 6.07) is 11.5. The van der Waals surface area contributed by atoms with Crippen molar-refractivity contribution in [3.8, 4) is 5.75 Å². The molecule has 0 heterocycles. The lowest BCUT2D eigenvalue weighted by Crippen LogP contribution is -2.27. The Kier molecular flexibility index (Phi) is 7.31. The summed E-state index contributed by atoms with van der Waals surface area (Å²) in [6.07, 6.45) is -0.679. The molecule has 4 N–H and O–H groups in total. The van der Waals surface area contributed by atoms with Crippen LogP contribution in [0.5, 0.6) is 5.75 Å². The van der Waals surface area contributed by atoms with Gasteiger partial charge in [-0.05, 0) is 11.1 Å². The maximum absolute atomic E-state index is 12.1. The monoisotopic (exact) mass is 372 g/mol. The lowest BCUT2D eigenvalue weighted by atomic mass is 10.0. The van der Waals surface area contributed by atoms with Crippen molar-refractivity contribution in [1.82, 2.24) is 5.32 Å². The number of carbonyl (C=O) groups excluding carboxylic acids is 1. The third kappa shape index (κ3) is 4.62. The number of rotatable bonds is 9. The molecule has 0 aliphatic heterocycles. The van der Waals surface area contributed by atoms with Crippen molar-refractivity contribution < 1.29 is 14.3 Å². The Labute approximate surface area is 160 Å². The van der Waals surface area contributed by atoms with E-state index in [9.17, 15) is 4.79 Å². The standard InChI is InChI=1S/C20H28N4O3/c1-21-16-10-14(11-17(22-2)18(16)23-3)27-12-13-8-6-7-9-15(13)19(26-5)20(25)24-4/h6-11,19,21-23H,12H2,1-5H3,(H,24,25). The van der Waals surface area contributed by atoms with Crippen molar-refractivity contribution in [1.29, 1.82) is 0 Å². The summed E-state index contributed by atoms with van der Waals surface area (Å²) in [6.45, 7) is 0.318. The second-order valence-electron chi connectivity index (χ2n) is 5.86. The fourth-order valence-electron chi connectivity index (χ4n) is 2.95. The van der Waals surface area contributed by atoms with E-state index in [-0.39, 0.29) is 5.91 Å². The van der Waals surface area contributed by atoms with Gasteiger partial charge in [0.1, 0.15) is 12.4 Å². The topological polar surface area (TPSA) is 83.7 Å². The van der Waals surface area contributed by atoms with E-state index in [0.717, 1.165) is 28.2 Å². The zero-order valence-electron chi connectivity index (χ0n) is 16.5. The number of hydrogen-bond donors (Lipinski definition) is 4. The van der Waals surface area contributed by atoms with Gasteiger partial charge in [-0.1, -0.05) is 24.3 Å². The summed E-state index contributed by atoms with van der Waals surface area (Å²) in [5, 5.41) is 12.1. The first-order valence-corrected chi connectivity index (χ1v) is 8.75. The van der Waals surface area contributed by atoms with Crippen molar-refractivity contribution in [3.63, 3.8) is 0 Å². The average molecular weight is 372 g/mol. The molecule has 7 heteroatoms. The van der Waals surface area contributed by atoms with Crippen LogP contribution >= 0.6 is 0 Å². The van der Waals surface area contributed by atoms with Crippen molar-refractivity contribution in [2.24, 2.45) is 0 Å². The van der Waals surface area contributed by atoms with Gasteiger partial charge in [-0.2, -0.15) is 0 Å². The lowest BCUT2D eigenvalue weighted by molar-refractivity contribution is -0.130. The first-order valence-electron chi connectivity index (χ1n) is 8.75. The van der Waals surface area contributed by atoms with E-state index in [1.807, 2.05) is 57.5 Å². The molecule has 1 atom stereocenters. The largest absolute Gasteiger partial charge is 0.489 e. The molecule has 1 unspecified atom stereocenters. The van der Waals surface area contributed by atoms with Crippen LogP contribution in [-0.4, -0.2) is 41.2 Å². The molecule has 2 aromatic carbocycles. The Bertz CT molecular complexity index is 755. The molecule has 0 saturated heterocycles. The lowest BCUT2D eigenvalue weighted by Gasteiger charge is -2.19.